The van der Waals surface area contributed by atoms with Gasteiger partial charge in [-0.25, -0.2) is 8.42 Å². The summed E-state index contributed by atoms with van der Waals surface area (Å²) in [6, 6.07) is 0. The molecule has 0 radical (unpaired) electrons. The SMILES string of the molecule is CC(C)OCCS(=O)(=O)N1CCOC(C(N)=S)C1. The van der Waals surface area contributed by atoms with Gasteiger partial charge < -0.3 is 15.2 Å². The van der Waals surface area contributed by atoms with Gasteiger partial charge in [-0.3, -0.25) is 0 Å². The molecule has 1 rings (SSSR count). The molecule has 8 heteroatoms. The molecule has 1 aliphatic heterocycles. The third kappa shape index (κ3) is 4.77. The average molecular weight is 296 g/mol. The number of hydrogen-bond donors (Lipinski definition) is 1. The molecule has 0 aliphatic carbocycles. The van der Waals surface area contributed by atoms with Gasteiger partial charge in [-0.2, -0.15) is 4.31 Å². The molecule has 2 N–H and O–H groups in total. The van der Waals surface area contributed by atoms with Crippen molar-refractivity contribution in [3.8, 4) is 0 Å². The molecule has 0 bridgehead atoms. The van der Waals surface area contributed by atoms with E-state index in [-0.39, 0.29) is 30.0 Å². The fraction of sp³-hybridized carbons (Fsp3) is 0.900. The molecule has 1 heterocycles. The molecular formula is C10H20N2O4S2. The zero-order chi connectivity index (χ0) is 13.8. The van der Waals surface area contributed by atoms with Crippen molar-refractivity contribution >= 4 is 27.2 Å². The fourth-order valence-corrected chi connectivity index (χ4v) is 2.99. The molecule has 1 saturated heterocycles. The van der Waals surface area contributed by atoms with E-state index < -0.39 is 16.1 Å². The van der Waals surface area contributed by atoms with Gasteiger partial charge in [0.05, 0.1) is 25.1 Å². The lowest BCUT2D eigenvalue weighted by molar-refractivity contribution is 0.0378. The van der Waals surface area contributed by atoms with E-state index in [0.29, 0.717) is 13.2 Å². The first-order valence-electron chi connectivity index (χ1n) is 5.83. The third-order valence-corrected chi connectivity index (χ3v) is 4.60. The summed E-state index contributed by atoms with van der Waals surface area (Å²) in [6.07, 6.45) is -0.469. The van der Waals surface area contributed by atoms with Crippen LogP contribution in [0.15, 0.2) is 0 Å². The number of morpholine rings is 1. The lowest BCUT2D eigenvalue weighted by Crippen LogP contribution is -2.50. The molecular weight excluding hydrogens is 276 g/mol. The minimum atomic E-state index is -3.33. The Balaban J connectivity index is 2.53. The maximum absolute atomic E-state index is 12.0. The van der Waals surface area contributed by atoms with E-state index in [1.807, 2.05) is 13.8 Å². The van der Waals surface area contributed by atoms with Gasteiger partial charge in [0.15, 0.2) is 0 Å². The standard InChI is InChI=1S/C10H20N2O4S2/c1-8(2)15-5-6-18(13,14)12-3-4-16-9(7-12)10(11)17/h8-9H,3-7H2,1-2H3,(H2,11,17). The first kappa shape index (κ1) is 15.8. The highest BCUT2D eigenvalue weighted by molar-refractivity contribution is 7.89. The summed E-state index contributed by atoms with van der Waals surface area (Å²) in [5.74, 6) is -0.0325. The molecule has 1 fully saturated rings. The van der Waals surface area contributed by atoms with Crippen LogP contribution in [0.4, 0.5) is 0 Å². The van der Waals surface area contributed by atoms with Crippen LogP contribution in [0.1, 0.15) is 13.8 Å². The number of hydrogen-bond acceptors (Lipinski definition) is 5. The smallest absolute Gasteiger partial charge is 0.216 e. The molecule has 1 unspecified atom stereocenters. The summed E-state index contributed by atoms with van der Waals surface area (Å²) in [5.41, 5.74) is 5.47. The highest BCUT2D eigenvalue weighted by Gasteiger charge is 2.30. The second-order valence-corrected chi connectivity index (χ2v) is 6.92. The molecule has 0 aromatic rings. The first-order chi connectivity index (χ1) is 8.33. The van der Waals surface area contributed by atoms with E-state index in [0.717, 1.165) is 0 Å². The van der Waals surface area contributed by atoms with Crippen molar-refractivity contribution in [3.05, 3.63) is 0 Å². The minimum Gasteiger partial charge on any atom is -0.391 e. The quantitative estimate of drug-likeness (QED) is 0.679. The van der Waals surface area contributed by atoms with Crippen LogP contribution in [-0.2, 0) is 19.5 Å². The number of thiocarbonyl (C=S) groups is 1. The Morgan fingerprint density at radius 1 is 1.61 bits per heavy atom. The fourth-order valence-electron chi connectivity index (χ4n) is 1.57. The highest BCUT2D eigenvalue weighted by Crippen LogP contribution is 2.11. The molecule has 0 saturated carbocycles. The largest absolute Gasteiger partial charge is 0.391 e. The van der Waals surface area contributed by atoms with Crippen LogP contribution in [0.2, 0.25) is 0 Å². The molecule has 1 atom stereocenters. The van der Waals surface area contributed by atoms with E-state index in [1.165, 1.54) is 4.31 Å². The predicted molar refractivity (Wildman–Crippen MR) is 73.0 cm³/mol. The van der Waals surface area contributed by atoms with Crippen LogP contribution in [0.3, 0.4) is 0 Å². The number of nitrogens with two attached hydrogens (primary N) is 1. The second kappa shape index (κ2) is 6.76. The summed E-state index contributed by atoms with van der Waals surface area (Å²) in [6.45, 7) is 4.76. The molecule has 1 aliphatic rings. The normalized spacial score (nSPS) is 22.3. The van der Waals surface area contributed by atoms with Gasteiger partial charge in [0.25, 0.3) is 0 Å². The van der Waals surface area contributed by atoms with Crippen molar-refractivity contribution in [2.24, 2.45) is 5.73 Å². The van der Waals surface area contributed by atoms with E-state index in [9.17, 15) is 8.42 Å². The van der Waals surface area contributed by atoms with E-state index in [2.05, 4.69) is 0 Å². The highest BCUT2D eigenvalue weighted by atomic mass is 32.2. The first-order valence-corrected chi connectivity index (χ1v) is 7.85. The molecule has 0 aromatic carbocycles. The Kier molecular flexibility index (Phi) is 5.93. The van der Waals surface area contributed by atoms with Crippen molar-refractivity contribution in [1.82, 2.24) is 4.31 Å². The van der Waals surface area contributed by atoms with Crippen LogP contribution < -0.4 is 5.73 Å². The second-order valence-electron chi connectivity index (χ2n) is 4.36. The topological polar surface area (TPSA) is 81.9 Å². The zero-order valence-electron chi connectivity index (χ0n) is 10.7. The lowest BCUT2D eigenvalue weighted by Gasteiger charge is -2.31. The maximum Gasteiger partial charge on any atom is 0.216 e. The predicted octanol–water partition coefficient (Wildman–Crippen LogP) is -0.272. The summed E-state index contributed by atoms with van der Waals surface area (Å²) >= 11 is 4.82. The molecule has 6 nitrogen and oxygen atoms in total. The zero-order valence-corrected chi connectivity index (χ0v) is 12.3. The summed E-state index contributed by atoms with van der Waals surface area (Å²) in [7, 11) is -3.33. The van der Waals surface area contributed by atoms with Crippen LogP contribution in [0, 0.1) is 0 Å². The van der Waals surface area contributed by atoms with Gasteiger partial charge >= 0.3 is 0 Å². The maximum atomic E-state index is 12.0. The van der Waals surface area contributed by atoms with Crippen LogP contribution >= 0.6 is 12.2 Å². The van der Waals surface area contributed by atoms with Crippen LogP contribution in [-0.4, -0.2) is 62.0 Å². The average Bonchev–Trinajstić information content (AvgIpc) is 2.28. The summed E-state index contributed by atoms with van der Waals surface area (Å²) in [4.78, 5) is 0.188. The van der Waals surface area contributed by atoms with Crippen LogP contribution in [0.25, 0.3) is 0 Å². The van der Waals surface area contributed by atoms with Crippen molar-refractivity contribution in [1.29, 1.82) is 0 Å². The minimum absolute atomic E-state index is 0.0225. The monoisotopic (exact) mass is 296 g/mol. The van der Waals surface area contributed by atoms with Gasteiger partial charge in [-0.1, -0.05) is 12.2 Å². The van der Waals surface area contributed by atoms with Gasteiger partial charge in [-0.05, 0) is 13.8 Å². The number of nitrogens with zero attached hydrogens (tertiary/aromatic N) is 1. The van der Waals surface area contributed by atoms with E-state index in [4.69, 9.17) is 27.4 Å². The van der Waals surface area contributed by atoms with E-state index >= 15 is 0 Å². The van der Waals surface area contributed by atoms with Gasteiger partial charge in [0.2, 0.25) is 10.0 Å². The number of ether oxygens (including phenoxy) is 2. The van der Waals surface area contributed by atoms with Crippen molar-refractivity contribution in [2.45, 2.75) is 26.1 Å². The van der Waals surface area contributed by atoms with Crippen molar-refractivity contribution in [2.75, 3.05) is 32.1 Å². The summed E-state index contributed by atoms with van der Waals surface area (Å²) < 4.78 is 36.0. The van der Waals surface area contributed by atoms with Gasteiger partial charge in [0, 0.05) is 13.1 Å². The molecule has 18 heavy (non-hydrogen) atoms. The Morgan fingerprint density at radius 2 is 2.28 bits per heavy atom. The Morgan fingerprint density at radius 3 is 2.83 bits per heavy atom. The Bertz CT molecular complexity index is 383. The Hall–Kier alpha value is -0.280. The van der Waals surface area contributed by atoms with Crippen molar-refractivity contribution < 1.29 is 17.9 Å². The van der Waals surface area contributed by atoms with E-state index in [1.54, 1.807) is 0 Å². The molecule has 0 amide bonds. The van der Waals surface area contributed by atoms with Gasteiger partial charge in [0.1, 0.15) is 11.1 Å². The van der Waals surface area contributed by atoms with Crippen LogP contribution in [0.5, 0.6) is 0 Å². The third-order valence-electron chi connectivity index (χ3n) is 2.53. The number of rotatable bonds is 6. The Labute approximate surface area is 113 Å². The van der Waals surface area contributed by atoms with Crippen molar-refractivity contribution in [3.63, 3.8) is 0 Å². The summed E-state index contributed by atoms with van der Waals surface area (Å²) in [5, 5.41) is 0. The molecule has 0 aromatic heterocycles. The lowest BCUT2D eigenvalue weighted by atomic mass is 10.3. The molecule has 0 spiro atoms. The number of sulfonamides is 1. The van der Waals surface area contributed by atoms with Gasteiger partial charge in [-0.15, -0.1) is 0 Å². The molecule has 106 valence electrons.